The molecule has 0 radical (unpaired) electrons. The van der Waals surface area contributed by atoms with Gasteiger partial charge in [0, 0.05) is 16.7 Å². The first-order valence-corrected chi connectivity index (χ1v) is 6.45. The zero-order valence-electron chi connectivity index (χ0n) is 10.5. The molecule has 2 rings (SSSR count). The number of nitro groups is 1. The van der Waals surface area contributed by atoms with E-state index >= 15 is 0 Å². The second kappa shape index (κ2) is 6.43. The molecule has 2 aromatic rings. The number of halogens is 2. The first-order chi connectivity index (χ1) is 9.99. The number of phenolic OH excluding ortho intramolecular Hbond substituents is 1. The molecule has 0 saturated carbocycles. The molecule has 2 aromatic carbocycles. The van der Waals surface area contributed by atoms with Crippen LogP contribution in [0.2, 0.25) is 10.0 Å². The van der Waals surface area contributed by atoms with Gasteiger partial charge in [-0.2, -0.15) is 5.10 Å². The first-order valence-electron chi connectivity index (χ1n) is 5.69. The molecule has 0 amide bonds. The number of hydrazone groups is 1. The Bertz CT molecular complexity index is 720. The normalized spacial score (nSPS) is 10.8. The first kappa shape index (κ1) is 15.1. The Morgan fingerprint density at radius 3 is 2.71 bits per heavy atom. The van der Waals surface area contributed by atoms with Crippen molar-refractivity contribution in [1.29, 1.82) is 0 Å². The number of hydrogen-bond acceptors (Lipinski definition) is 5. The van der Waals surface area contributed by atoms with E-state index in [1.807, 2.05) is 0 Å². The van der Waals surface area contributed by atoms with Crippen LogP contribution >= 0.6 is 23.2 Å². The number of nitrogens with one attached hydrogen (secondary N) is 1. The van der Waals surface area contributed by atoms with Gasteiger partial charge in [-0.1, -0.05) is 35.3 Å². The Hall–Kier alpha value is -2.31. The van der Waals surface area contributed by atoms with E-state index < -0.39 is 4.92 Å². The maximum absolute atomic E-state index is 10.8. The van der Waals surface area contributed by atoms with Gasteiger partial charge in [0.1, 0.15) is 11.4 Å². The molecule has 0 aliphatic heterocycles. The zero-order valence-corrected chi connectivity index (χ0v) is 12.0. The molecule has 0 unspecified atom stereocenters. The van der Waals surface area contributed by atoms with Gasteiger partial charge in [0.05, 0.1) is 16.2 Å². The molecule has 0 fully saturated rings. The minimum Gasteiger partial charge on any atom is -0.506 e. The van der Waals surface area contributed by atoms with Crippen molar-refractivity contribution in [2.45, 2.75) is 0 Å². The summed E-state index contributed by atoms with van der Waals surface area (Å²) in [6.07, 6.45) is 1.27. The lowest BCUT2D eigenvalue weighted by Gasteiger charge is -2.03. The number of phenols is 1. The summed E-state index contributed by atoms with van der Waals surface area (Å²) in [5.41, 5.74) is 2.95. The molecule has 0 aliphatic rings. The fraction of sp³-hybridized carbons (Fsp3) is 0. The Balaban J connectivity index is 2.23. The van der Waals surface area contributed by atoms with Crippen LogP contribution in [0.4, 0.5) is 11.4 Å². The maximum Gasteiger partial charge on any atom is 0.294 e. The SMILES string of the molecule is O=[N+]([O-])c1ccccc1N/N=C\c1cc(Cl)cc(Cl)c1O. The lowest BCUT2D eigenvalue weighted by molar-refractivity contribution is -0.384. The van der Waals surface area contributed by atoms with E-state index in [-0.39, 0.29) is 22.1 Å². The van der Waals surface area contributed by atoms with Gasteiger partial charge in [-0.05, 0) is 18.2 Å². The fourth-order valence-electron chi connectivity index (χ4n) is 1.58. The third-order valence-corrected chi connectivity index (χ3v) is 3.05. The van der Waals surface area contributed by atoms with Crippen molar-refractivity contribution in [3.63, 3.8) is 0 Å². The van der Waals surface area contributed by atoms with E-state index in [1.54, 1.807) is 12.1 Å². The Kier molecular flexibility index (Phi) is 4.62. The van der Waals surface area contributed by atoms with Gasteiger partial charge < -0.3 is 5.11 Å². The third-order valence-electron chi connectivity index (χ3n) is 2.55. The molecule has 0 saturated heterocycles. The molecule has 0 bridgehead atoms. The van der Waals surface area contributed by atoms with Crippen LogP contribution < -0.4 is 5.43 Å². The average Bonchev–Trinajstić information content (AvgIpc) is 2.44. The number of para-hydroxylation sites is 2. The molecule has 2 N–H and O–H groups in total. The van der Waals surface area contributed by atoms with E-state index in [0.717, 1.165) is 0 Å². The van der Waals surface area contributed by atoms with Crippen molar-refractivity contribution < 1.29 is 10.0 Å². The van der Waals surface area contributed by atoms with Crippen molar-refractivity contribution in [1.82, 2.24) is 0 Å². The predicted molar refractivity (Wildman–Crippen MR) is 82.4 cm³/mol. The summed E-state index contributed by atoms with van der Waals surface area (Å²) in [6.45, 7) is 0. The van der Waals surface area contributed by atoms with Crippen LogP contribution in [0, 0.1) is 10.1 Å². The minimum absolute atomic E-state index is 0.0923. The van der Waals surface area contributed by atoms with Crippen molar-refractivity contribution in [2.24, 2.45) is 5.10 Å². The number of anilines is 1. The lowest BCUT2D eigenvalue weighted by atomic mass is 10.2. The van der Waals surface area contributed by atoms with Gasteiger partial charge in [0.15, 0.2) is 0 Å². The number of hydrogen-bond donors (Lipinski definition) is 2. The van der Waals surface area contributed by atoms with Crippen molar-refractivity contribution in [3.8, 4) is 5.75 Å². The highest BCUT2D eigenvalue weighted by Crippen LogP contribution is 2.30. The summed E-state index contributed by atoms with van der Waals surface area (Å²) >= 11 is 11.6. The number of rotatable bonds is 4. The van der Waals surface area contributed by atoms with Crippen LogP contribution in [-0.4, -0.2) is 16.2 Å². The van der Waals surface area contributed by atoms with Crippen LogP contribution in [0.1, 0.15) is 5.56 Å². The molecule has 0 atom stereocenters. The Labute approximate surface area is 129 Å². The van der Waals surface area contributed by atoms with Crippen molar-refractivity contribution in [3.05, 3.63) is 62.1 Å². The number of aromatic hydroxyl groups is 1. The second-order valence-corrected chi connectivity index (χ2v) is 4.81. The topological polar surface area (TPSA) is 87.8 Å². The van der Waals surface area contributed by atoms with E-state index in [2.05, 4.69) is 10.5 Å². The van der Waals surface area contributed by atoms with Gasteiger partial charge in [0.25, 0.3) is 5.69 Å². The van der Waals surface area contributed by atoms with Crippen LogP contribution in [-0.2, 0) is 0 Å². The predicted octanol–water partition coefficient (Wildman–Crippen LogP) is 4.05. The highest BCUT2D eigenvalue weighted by atomic mass is 35.5. The standard InChI is InChI=1S/C13H9Cl2N3O3/c14-9-5-8(13(19)10(15)6-9)7-16-17-11-3-1-2-4-12(11)18(20)21/h1-7,17,19H/b16-7-. The largest absolute Gasteiger partial charge is 0.506 e. The molecule has 0 aliphatic carbocycles. The number of nitrogens with zero attached hydrogens (tertiary/aromatic N) is 2. The quantitative estimate of drug-likeness (QED) is 0.504. The molecule has 0 heterocycles. The van der Waals surface area contributed by atoms with Gasteiger partial charge in [-0.15, -0.1) is 0 Å². The van der Waals surface area contributed by atoms with Crippen LogP contribution in [0.3, 0.4) is 0 Å². The monoisotopic (exact) mass is 325 g/mol. The van der Waals surface area contributed by atoms with Crippen molar-refractivity contribution in [2.75, 3.05) is 5.43 Å². The second-order valence-electron chi connectivity index (χ2n) is 3.97. The van der Waals surface area contributed by atoms with Gasteiger partial charge in [0.2, 0.25) is 0 Å². The Morgan fingerprint density at radius 1 is 1.29 bits per heavy atom. The van der Waals surface area contributed by atoms with Crippen LogP contribution in [0.15, 0.2) is 41.5 Å². The summed E-state index contributed by atoms with van der Waals surface area (Å²) in [6, 6.07) is 8.92. The van der Waals surface area contributed by atoms with E-state index in [9.17, 15) is 15.2 Å². The molecule has 0 aromatic heterocycles. The summed E-state index contributed by atoms with van der Waals surface area (Å²) < 4.78 is 0. The van der Waals surface area contributed by atoms with E-state index in [1.165, 1.54) is 30.5 Å². The van der Waals surface area contributed by atoms with Gasteiger partial charge in [-0.25, -0.2) is 0 Å². The highest BCUT2D eigenvalue weighted by Gasteiger charge is 2.11. The lowest BCUT2D eigenvalue weighted by Crippen LogP contribution is -1.96. The van der Waals surface area contributed by atoms with Gasteiger partial charge in [-0.3, -0.25) is 15.5 Å². The molecule has 21 heavy (non-hydrogen) atoms. The number of nitro benzene ring substituents is 1. The molecule has 6 nitrogen and oxygen atoms in total. The van der Waals surface area contributed by atoms with Crippen LogP contribution in [0.5, 0.6) is 5.75 Å². The molecule has 0 spiro atoms. The van der Waals surface area contributed by atoms with Gasteiger partial charge >= 0.3 is 0 Å². The van der Waals surface area contributed by atoms with Crippen LogP contribution in [0.25, 0.3) is 0 Å². The highest BCUT2D eigenvalue weighted by molar-refractivity contribution is 6.36. The fourth-order valence-corrected chi connectivity index (χ4v) is 2.09. The summed E-state index contributed by atoms with van der Waals surface area (Å²) in [4.78, 5) is 10.3. The minimum atomic E-state index is -0.522. The number of benzene rings is 2. The molecule has 108 valence electrons. The molecular weight excluding hydrogens is 317 g/mol. The summed E-state index contributed by atoms with van der Waals surface area (Å²) in [5, 5.41) is 24.9. The zero-order chi connectivity index (χ0) is 15.4. The third kappa shape index (κ3) is 3.62. The van der Waals surface area contributed by atoms with E-state index in [4.69, 9.17) is 23.2 Å². The maximum atomic E-state index is 10.8. The summed E-state index contributed by atoms with van der Waals surface area (Å²) in [7, 11) is 0. The average molecular weight is 326 g/mol. The van der Waals surface area contributed by atoms with Crippen molar-refractivity contribution >= 4 is 40.8 Å². The van der Waals surface area contributed by atoms with E-state index in [0.29, 0.717) is 10.6 Å². The Morgan fingerprint density at radius 2 is 2.00 bits per heavy atom. The smallest absolute Gasteiger partial charge is 0.294 e. The summed E-state index contributed by atoms with van der Waals surface area (Å²) in [5.74, 6) is -0.172. The molecular formula is C13H9Cl2N3O3. The molecule has 8 heteroatoms.